The fourth-order valence-corrected chi connectivity index (χ4v) is 4.16. The largest absolute Gasteiger partial charge is 0.497 e. The Balaban J connectivity index is 1.23. The second-order valence-corrected chi connectivity index (χ2v) is 7.61. The number of benzene rings is 2. The van der Waals surface area contributed by atoms with Crippen molar-refractivity contribution in [3.8, 4) is 5.75 Å². The molecule has 0 atom stereocenters. The molecule has 5 heteroatoms. The number of piperazine rings is 1. The zero-order chi connectivity index (χ0) is 19.3. The van der Waals surface area contributed by atoms with Crippen molar-refractivity contribution in [1.82, 2.24) is 9.80 Å². The molecule has 1 saturated heterocycles. The van der Waals surface area contributed by atoms with Gasteiger partial charge in [-0.05, 0) is 41.8 Å². The van der Waals surface area contributed by atoms with E-state index in [1.165, 1.54) is 16.8 Å². The first-order chi connectivity index (χ1) is 13.7. The molecule has 0 bridgehead atoms. The highest BCUT2D eigenvalue weighted by Crippen LogP contribution is 2.21. The van der Waals surface area contributed by atoms with Crippen molar-refractivity contribution >= 4 is 11.6 Å². The van der Waals surface area contributed by atoms with Gasteiger partial charge in [-0.15, -0.1) is 0 Å². The van der Waals surface area contributed by atoms with Crippen LogP contribution in [-0.4, -0.2) is 62.1 Å². The normalized spacial score (nSPS) is 17.3. The molecule has 1 fully saturated rings. The number of anilines is 1. The maximum atomic E-state index is 12.7. The summed E-state index contributed by atoms with van der Waals surface area (Å²) in [6, 6.07) is 16.8. The van der Waals surface area contributed by atoms with E-state index in [0.717, 1.165) is 58.0 Å². The molecule has 2 aliphatic rings. The van der Waals surface area contributed by atoms with Crippen molar-refractivity contribution in [3.63, 3.8) is 0 Å². The third-order valence-corrected chi connectivity index (χ3v) is 5.92. The van der Waals surface area contributed by atoms with Gasteiger partial charge in [0.15, 0.2) is 0 Å². The van der Waals surface area contributed by atoms with E-state index >= 15 is 0 Å². The number of ether oxygens (including phenoxy) is 1. The number of carbonyl (C=O) groups is 1. The van der Waals surface area contributed by atoms with E-state index in [4.69, 9.17) is 4.74 Å². The van der Waals surface area contributed by atoms with Gasteiger partial charge in [0.25, 0.3) is 0 Å². The van der Waals surface area contributed by atoms with Crippen LogP contribution < -0.4 is 9.64 Å². The van der Waals surface area contributed by atoms with Gasteiger partial charge >= 0.3 is 0 Å². The topological polar surface area (TPSA) is 36.0 Å². The lowest BCUT2D eigenvalue weighted by molar-refractivity contribution is -0.131. The third-order valence-electron chi connectivity index (χ3n) is 5.92. The first kappa shape index (κ1) is 18.8. The van der Waals surface area contributed by atoms with Gasteiger partial charge in [0.2, 0.25) is 5.91 Å². The van der Waals surface area contributed by atoms with Gasteiger partial charge in [-0.1, -0.05) is 24.3 Å². The molecule has 2 heterocycles. The maximum absolute atomic E-state index is 12.7. The zero-order valence-corrected chi connectivity index (χ0v) is 16.6. The summed E-state index contributed by atoms with van der Waals surface area (Å²) in [5.41, 5.74) is 4.06. The molecular weight excluding hydrogens is 350 g/mol. The zero-order valence-electron chi connectivity index (χ0n) is 16.6. The van der Waals surface area contributed by atoms with Crippen LogP contribution in [0.1, 0.15) is 17.5 Å². The van der Waals surface area contributed by atoms with Crippen LogP contribution in [-0.2, 0) is 17.8 Å². The first-order valence-corrected chi connectivity index (χ1v) is 10.2. The summed E-state index contributed by atoms with van der Waals surface area (Å²) >= 11 is 0. The van der Waals surface area contributed by atoms with Crippen molar-refractivity contribution in [3.05, 3.63) is 59.7 Å². The van der Waals surface area contributed by atoms with Crippen LogP contribution in [0, 0.1) is 0 Å². The Labute approximate surface area is 167 Å². The standard InChI is InChI=1S/C23H29N3O2/c1-28-22-8-6-21(7-9-22)25-14-16-26(17-15-25)23(27)11-13-24-12-10-19-4-2-3-5-20(19)18-24/h2-9H,10-18H2,1H3. The monoisotopic (exact) mass is 379 g/mol. The number of nitrogens with zero attached hydrogens (tertiary/aromatic N) is 3. The van der Waals surface area contributed by atoms with Crippen LogP contribution in [0.3, 0.4) is 0 Å². The minimum absolute atomic E-state index is 0.285. The number of methoxy groups -OCH3 is 1. The second kappa shape index (κ2) is 8.65. The Bertz CT molecular complexity index is 798. The van der Waals surface area contributed by atoms with Crippen molar-refractivity contribution < 1.29 is 9.53 Å². The van der Waals surface area contributed by atoms with Gasteiger partial charge < -0.3 is 14.5 Å². The van der Waals surface area contributed by atoms with E-state index < -0.39 is 0 Å². The molecule has 0 saturated carbocycles. The van der Waals surface area contributed by atoms with Crippen LogP contribution >= 0.6 is 0 Å². The number of carbonyl (C=O) groups excluding carboxylic acids is 1. The van der Waals surface area contributed by atoms with Gasteiger partial charge in [0, 0.05) is 57.9 Å². The Morgan fingerprint density at radius 1 is 0.929 bits per heavy atom. The molecule has 148 valence electrons. The van der Waals surface area contributed by atoms with Crippen molar-refractivity contribution in [2.75, 3.05) is 51.3 Å². The number of hydrogen-bond donors (Lipinski definition) is 0. The molecule has 5 nitrogen and oxygen atoms in total. The highest BCUT2D eigenvalue weighted by Gasteiger charge is 2.22. The molecule has 0 N–H and O–H groups in total. The predicted molar refractivity (Wildman–Crippen MR) is 112 cm³/mol. The fourth-order valence-electron chi connectivity index (χ4n) is 4.16. The Hall–Kier alpha value is -2.53. The van der Waals surface area contributed by atoms with E-state index in [-0.39, 0.29) is 5.91 Å². The van der Waals surface area contributed by atoms with E-state index in [0.29, 0.717) is 6.42 Å². The second-order valence-electron chi connectivity index (χ2n) is 7.61. The van der Waals surface area contributed by atoms with Crippen LogP contribution in [0.15, 0.2) is 48.5 Å². The molecule has 4 rings (SSSR count). The predicted octanol–water partition coefficient (Wildman–Crippen LogP) is 2.79. The molecule has 0 aliphatic carbocycles. The number of rotatable bonds is 5. The summed E-state index contributed by atoms with van der Waals surface area (Å²) in [7, 11) is 1.68. The minimum atomic E-state index is 0.285. The average molecular weight is 380 g/mol. The van der Waals surface area contributed by atoms with Crippen LogP contribution in [0.25, 0.3) is 0 Å². The number of amides is 1. The molecule has 0 spiro atoms. The van der Waals surface area contributed by atoms with E-state index in [1.54, 1.807) is 7.11 Å². The quantitative estimate of drug-likeness (QED) is 0.800. The molecule has 2 aliphatic heterocycles. The first-order valence-electron chi connectivity index (χ1n) is 10.2. The van der Waals surface area contributed by atoms with Crippen LogP contribution in [0.2, 0.25) is 0 Å². The van der Waals surface area contributed by atoms with E-state index in [9.17, 15) is 4.79 Å². The lowest BCUT2D eigenvalue weighted by atomic mass is 10.00. The summed E-state index contributed by atoms with van der Waals surface area (Å²) in [5.74, 6) is 1.16. The highest BCUT2D eigenvalue weighted by molar-refractivity contribution is 5.76. The Kier molecular flexibility index (Phi) is 5.81. The van der Waals surface area contributed by atoms with Gasteiger partial charge in [0.05, 0.1) is 7.11 Å². The van der Waals surface area contributed by atoms with E-state index in [2.05, 4.69) is 46.2 Å². The smallest absolute Gasteiger partial charge is 0.223 e. The van der Waals surface area contributed by atoms with Gasteiger partial charge in [-0.3, -0.25) is 9.69 Å². The molecule has 2 aromatic rings. The van der Waals surface area contributed by atoms with Crippen molar-refractivity contribution in [2.45, 2.75) is 19.4 Å². The summed E-state index contributed by atoms with van der Waals surface area (Å²) in [4.78, 5) is 19.5. The molecule has 2 aromatic carbocycles. The highest BCUT2D eigenvalue weighted by atomic mass is 16.5. The van der Waals surface area contributed by atoms with Crippen molar-refractivity contribution in [2.24, 2.45) is 0 Å². The number of fused-ring (bicyclic) bond motifs is 1. The maximum Gasteiger partial charge on any atom is 0.223 e. The van der Waals surface area contributed by atoms with Gasteiger partial charge in [-0.2, -0.15) is 0 Å². The summed E-state index contributed by atoms with van der Waals surface area (Å²) in [5, 5.41) is 0. The molecule has 28 heavy (non-hydrogen) atoms. The molecule has 1 amide bonds. The summed E-state index contributed by atoms with van der Waals surface area (Å²) in [6.45, 7) is 6.24. The lowest BCUT2D eigenvalue weighted by Gasteiger charge is -2.36. The Morgan fingerprint density at radius 3 is 2.36 bits per heavy atom. The number of hydrogen-bond acceptors (Lipinski definition) is 4. The average Bonchev–Trinajstić information content (AvgIpc) is 2.77. The minimum Gasteiger partial charge on any atom is -0.497 e. The van der Waals surface area contributed by atoms with Crippen LogP contribution in [0.5, 0.6) is 5.75 Å². The van der Waals surface area contributed by atoms with Crippen molar-refractivity contribution in [1.29, 1.82) is 0 Å². The van der Waals surface area contributed by atoms with E-state index in [1.807, 2.05) is 17.0 Å². The van der Waals surface area contributed by atoms with Gasteiger partial charge in [0.1, 0.15) is 5.75 Å². The SMILES string of the molecule is COc1ccc(N2CCN(C(=O)CCN3CCc4ccccc4C3)CC2)cc1. The molecule has 0 unspecified atom stereocenters. The van der Waals surface area contributed by atoms with Crippen LogP contribution in [0.4, 0.5) is 5.69 Å². The molecule has 0 radical (unpaired) electrons. The fraction of sp³-hybridized carbons (Fsp3) is 0.435. The van der Waals surface area contributed by atoms with Gasteiger partial charge in [-0.25, -0.2) is 0 Å². The summed E-state index contributed by atoms with van der Waals surface area (Å²) in [6.07, 6.45) is 1.70. The Morgan fingerprint density at radius 2 is 1.64 bits per heavy atom. The molecule has 0 aromatic heterocycles. The molecular formula is C23H29N3O2. The summed E-state index contributed by atoms with van der Waals surface area (Å²) < 4.78 is 5.23. The lowest BCUT2D eigenvalue weighted by Crippen LogP contribution is -2.49. The third kappa shape index (κ3) is 4.30.